The van der Waals surface area contributed by atoms with Crippen LogP contribution in [-0.4, -0.2) is 21.8 Å². The Balaban J connectivity index is 2.18. The number of fused-ring (bicyclic) bond motifs is 1. The summed E-state index contributed by atoms with van der Waals surface area (Å²) in [6.45, 7) is 2.12. The Morgan fingerprint density at radius 3 is 2.71 bits per heavy atom. The topological polar surface area (TPSA) is 42.7 Å². The summed E-state index contributed by atoms with van der Waals surface area (Å²) in [5.74, 6) is 0. The summed E-state index contributed by atoms with van der Waals surface area (Å²) >= 11 is 3.57. The monoisotopic (exact) mass is 344 g/mol. The van der Waals surface area contributed by atoms with E-state index < -0.39 is 0 Å². The molecule has 3 rings (SSSR count). The van der Waals surface area contributed by atoms with E-state index in [1.807, 2.05) is 37.1 Å². The molecule has 1 unspecified atom stereocenters. The van der Waals surface area contributed by atoms with Crippen molar-refractivity contribution in [1.82, 2.24) is 20.1 Å². The first-order chi connectivity index (χ1) is 10.1. The molecule has 21 heavy (non-hydrogen) atoms. The number of hydrogen-bond donors (Lipinski definition) is 1. The standard InChI is InChI=1S/C16H17BrN4/c1-10-8-14(20-13-7-5-4-6-11(10)13)15(18-2)16-12(17)9-19-21(16)3/h4-9,15,18H,1-3H3. The van der Waals surface area contributed by atoms with Crippen LogP contribution >= 0.6 is 15.9 Å². The van der Waals surface area contributed by atoms with Crippen molar-refractivity contribution in [3.05, 3.63) is 58.0 Å². The van der Waals surface area contributed by atoms with Gasteiger partial charge in [-0.3, -0.25) is 9.67 Å². The first kappa shape index (κ1) is 14.2. The fourth-order valence-electron chi connectivity index (χ4n) is 2.69. The molecule has 0 fully saturated rings. The Labute approximate surface area is 132 Å². The lowest BCUT2D eigenvalue weighted by molar-refractivity contribution is 0.593. The van der Waals surface area contributed by atoms with Gasteiger partial charge in [-0.1, -0.05) is 18.2 Å². The van der Waals surface area contributed by atoms with Crippen LogP contribution in [-0.2, 0) is 7.05 Å². The largest absolute Gasteiger partial charge is 0.307 e. The normalized spacial score (nSPS) is 12.8. The highest BCUT2D eigenvalue weighted by atomic mass is 79.9. The first-order valence-electron chi connectivity index (χ1n) is 6.82. The van der Waals surface area contributed by atoms with Crippen molar-refractivity contribution < 1.29 is 0 Å². The molecule has 1 atom stereocenters. The molecule has 3 aromatic rings. The van der Waals surface area contributed by atoms with Crippen molar-refractivity contribution in [3.63, 3.8) is 0 Å². The molecular weight excluding hydrogens is 328 g/mol. The van der Waals surface area contributed by atoms with Gasteiger partial charge in [-0.2, -0.15) is 5.10 Å². The highest BCUT2D eigenvalue weighted by molar-refractivity contribution is 9.10. The second kappa shape index (κ2) is 5.58. The Morgan fingerprint density at radius 1 is 1.29 bits per heavy atom. The van der Waals surface area contributed by atoms with Crippen LogP contribution in [0.25, 0.3) is 10.9 Å². The van der Waals surface area contributed by atoms with Crippen LogP contribution in [0.4, 0.5) is 0 Å². The maximum Gasteiger partial charge on any atom is 0.0931 e. The number of para-hydroxylation sites is 1. The smallest absolute Gasteiger partial charge is 0.0931 e. The number of halogens is 1. The van der Waals surface area contributed by atoms with E-state index in [9.17, 15) is 0 Å². The van der Waals surface area contributed by atoms with Crippen molar-refractivity contribution in [2.45, 2.75) is 13.0 Å². The third-order valence-electron chi connectivity index (χ3n) is 3.74. The average molecular weight is 345 g/mol. The van der Waals surface area contributed by atoms with Crippen molar-refractivity contribution in [2.24, 2.45) is 7.05 Å². The molecule has 0 aliphatic heterocycles. The molecule has 0 saturated carbocycles. The van der Waals surface area contributed by atoms with E-state index in [2.05, 4.69) is 51.5 Å². The molecule has 5 heteroatoms. The van der Waals surface area contributed by atoms with Gasteiger partial charge in [0, 0.05) is 12.4 Å². The number of rotatable bonds is 3. The maximum atomic E-state index is 4.82. The molecule has 0 spiro atoms. The minimum absolute atomic E-state index is 0.00446. The zero-order valence-electron chi connectivity index (χ0n) is 12.3. The molecule has 108 valence electrons. The van der Waals surface area contributed by atoms with E-state index in [1.54, 1.807) is 0 Å². The first-order valence-corrected chi connectivity index (χ1v) is 7.62. The lowest BCUT2D eigenvalue weighted by atomic mass is 10.0. The summed E-state index contributed by atoms with van der Waals surface area (Å²) < 4.78 is 2.86. The van der Waals surface area contributed by atoms with E-state index in [1.165, 1.54) is 10.9 Å². The van der Waals surface area contributed by atoms with E-state index in [0.717, 1.165) is 21.4 Å². The van der Waals surface area contributed by atoms with Gasteiger partial charge in [-0.05, 0) is 47.6 Å². The van der Waals surface area contributed by atoms with Gasteiger partial charge in [0.05, 0.1) is 33.6 Å². The van der Waals surface area contributed by atoms with E-state index in [4.69, 9.17) is 4.98 Å². The SMILES string of the molecule is CNC(c1cc(C)c2ccccc2n1)c1c(Br)cnn1C. The molecule has 4 nitrogen and oxygen atoms in total. The minimum Gasteiger partial charge on any atom is -0.307 e. The number of hydrogen-bond acceptors (Lipinski definition) is 3. The third-order valence-corrected chi connectivity index (χ3v) is 4.35. The Kier molecular flexibility index (Phi) is 3.78. The van der Waals surface area contributed by atoms with Gasteiger partial charge in [0.2, 0.25) is 0 Å². The maximum absolute atomic E-state index is 4.82. The van der Waals surface area contributed by atoms with E-state index in [0.29, 0.717) is 0 Å². The summed E-state index contributed by atoms with van der Waals surface area (Å²) in [6.07, 6.45) is 1.81. The summed E-state index contributed by atoms with van der Waals surface area (Å²) in [5, 5.41) is 8.83. The lowest BCUT2D eigenvalue weighted by Gasteiger charge is -2.18. The van der Waals surface area contributed by atoms with Crippen LogP contribution in [0.2, 0.25) is 0 Å². The Morgan fingerprint density at radius 2 is 2.05 bits per heavy atom. The Bertz CT molecular complexity index is 775. The molecule has 0 aliphatic carbocycles. The van der Waals surface area contributed by atoms with Crippen LogP contribution in [0.5, 0.6) is 0 Å². The lowest BCUT2D eigenvalue weighted by Crippen LogP contribution is -2.22. The second-order valence-electron chi connectivity index (χ2n) is 5.10. The zero-order valence-corrected chi connectivity index (χ0v) is 13.8. The number of nitrogens with one attached hydrogen (secondary N) is 1. The molecule has 0 radical (unpaired) electrons. The second-order valence-corrected chi connectivity index (χ2v) is 5.96. The predicted molar refractivity (Wildman–Crippen MR) is 88.3 cm³/mol. The minimum atomic E-state index is -0.00446. The van der Waals surface area contributed by atoms with Crippen molar-refractivity contribution in [2.75, 3.05) is 7.05 Å². The van der Waals surface area contributed by atoms with Crippen LogP contribution in [0, 0.1) is 6.92 Å². The number of pyridine rings is 1. The van der Waals surface area contributed by atoms with Gasteiger partial charge in [0.1, 0.15) is 0 Å². The van der Waals surface area contributed by atoms with Crippen molar-refractivity contribution in [3.8, 4) is 0 Å². The molecular formula is C16H17BrN4. The van der Waals surface area contributed by atoms with Gasteiger partial charge < -0.3 is 5.32 Å². The quantitative estimate of drug-likeness (QED) is 0.792. The van der Waals surface area contributed by atoms with Crippen LogP contribution in [0.1, 0.15) is 23.0 Å². The van der Waals surface area contributed by atoms with E-state index in [-0.39, 0.29) is 6.04 Å². The predicted octanol–water partition coefficient (Wildman–Crippen LogP) is 3.35. The van der Waals surface area contributed by atoms with Crippen LogP contribution < -0.4 is 5.32 Å². The number of benzene rings is 1. The number of aryl methyl sites for hydroxylation is 2. The highest BCUT2D eigenvalue weighted by Crippen LogP contribution is 2.29. The molecule has 0 bridgehead atoms. The molecule has 2 aromatic heterocycles. The van der Waals surface area contributed by atoms with Crippen LogP contribution in [0.3, 0.4) is 0 Å². The molecule has 1 N–H and O–H groups in total. The molecule has 0 saturated heterocycles. The van der Waals surface area contributed by atoms with Gasteiger partial charge in [0.25, 0.3) is 0 Å². The summed E-state index contributed by atoms with van der Waals surface area (Å²) in [7, 11) is 3.88. The number of aromatic nitrogens is 3. The molecule has 2 heterocycles. The van der Waals surface area contributed by atoms with E-state index >= 15 is 0 Å². The molecule has 1 aromatic carbocycles. The summed E-state index contributed by atoms with van der Waals surface area (Å²) in [6, 6.07) is 10.4. The fourth-order valence-corrected chi connectivity index (χ4v) is 3.27. The molecule has 0 aliphatic rings. The van der Waals surface area contributed by atoms with Crippen molar-refractivity contribution in [1.29, 1.82) is 0 Å². The van der Waals surface area contributed by atoms with Gasteiger partial charge >= 0.3 is 0 Å². The summed E-state index contributed by atoms with van der Waals surface area (Å²) in [5.41, 5.74) is 4.32. The third kappa shape index (κ3) is 2.47. The fraction of sp³-hybridized carbons (Fsp3) is 0.250. The zero-order chi connectivity index (χ0) is 15.0. The van der Waals surface area contributed by atoms with Gasteiger partial charge in [-0.15, -0.1) is 0 Å². The molecule has 0 amide bonds. The highest BCUT2D eigenvalue weighted by Gasteiger charge is 2.21. The van der Waals surface area contributed by atoms with Gasteiger partial charge in [-0.25, -0.2) is 0 Å². The van der Waals surface area contributed by atoms with Crippen LogP contribution in [0.15, 0.2) is 41.0 Å². The van der Waals surface area contributed by atoms with Crippen molar-refractivity contribution >= 4 is 26.8 Å². The average Bonchev–Trinajstić information content (AvgIpc) is 2.81. The summed E-state index contributed by atoms with van der Waals surface area (Å²) in [4.78, 5) is 4.82. The Hall–Kier alpha value is -1.72. The number of nitrogens with zero attached hydrogens (tertiary/aromatic N) is 3. The van der Waals surface area contributed by atoms with Gasteiger partial charge in [0.15, 0.2) is 0 Å².